The second kappa shape index (κ2) is 4.07. The van der Waals surface area contributed by atoms with Crippen LogP contribution in [0.5, 0.6) is 0 Å². The Morgan fingerprint density at radius 2 is 2.00 bits per heavy atom. The first-order valence-electron chi connectivity index (χ1n) is 3.51. The lowest BCUT2D eigenvalue weighted by atomic mass is 10.1. The van der Waals surface area contributed by atoms with Crippen molar-refractivity contribution in [1.29, 1.82) is 0 Å². The van der Waals surface area contributed by atoms with Gasteiger partial charge in [-0.2, -0.15) is 0 Å². The third-order valence-electron chi connectivity index (χ3n) is 1.48. The molecule has 1 unspecified atom stereocenters. The van der Waals surface area contributed by atoms with E-state index >= 15 is 0 Å². The topological polar surface area (TPSA) is 43.1 Å². The van der Waals surface area contributed by atoms with Crippen molar-refractivity contribution in [3.63, 3.8) is 0 Å². The van der Waals surface area contributed by atoms with Crippen LogP contribution in [-0.2, 0) is 6.42 Å². The van der Waals surface area contributed by atoms with E-state index in [1.54, 1.807) is 0 Å². The minimum atomic E-state index is -1.02. The van der Waals surface area contributed by atoms with Gasteiger partial charge in [0.2, 0.25) is 0 Å². The molecule has 0 aliphatic carbocycles. The molecule has 0 saturated carbocycles. The molecule has 0 aromatic heterocycles. The predicted octanol–water partition coefficient (Wildman–Crippen LogP) is 2.07. The lowest BCUT2D eigenvalue weighted by Gasteiger charge is -2.00. The van der Waals surface area contributed by atoms with Crippen LogP contribution in [0.3, 0.4) is 0 Å². The highest BCUT2D eigenvalue weighted by atomic mass is 35.5. The molecule has 64 valence electrons. The second-order valence-corrected chi connectivity index (χ2v) is 2.91. The first-order valence-corrected chi connectivity index (χ1v) is 3.95. The molecule has 1 rings (SSSR count). The summed E-state index contributed by atoms with van der Waals surface area (Å²) in [5, 5.41) is 10.2. The standard InChI is InChI=1S/C8H8ClNO2/c9-8(10(11)12)6-7-4-2-1-3-5-7/h1-5,8H,6H2. The summed E-state index contributed by atoms with van der Waals surface area (Å²) >= 11 is 5.45. The highest BCUT2D eigenvalue weighted by Gasteiger charge is 2.15. The summed E-state index contributed by atoms with van der Waals surface area (Å²) in [5.41, 5.74) is -0.137. The van der Waals surface area contributed by atoms with Crippen molar-refractivity contribution in [3.05, 3.63) is 46.0 Å². The van der Waals surface area contributed by atoms with Crippen molar-refractivity contribution in [3.8, 4) is 0 Å². The van der Waals surface area contributed by atoms with E-state index in [0.717, 1.165) is 5.56 Å². The van der Waals surface area contributed by atoms with Crippen LogP contribution in [0.15, 0.2) is 30.3 Å². The smallest absolute Gasteiger partial charge is 0.263 e. The summed E-state index contributed by atoms with van der Waals surface area (Å²) in [6, 6.07) is 9.16. The Kier molecular flexibility index (Phi) is 3.05. The van der Waals surface area contributed by atoms with Gasteiger partial charge in [0.1, 0.15) is 0 Å². The fourth-order valence-electron chi connectivity index (χ4n) is 0.883. The summed E-state index contributed by atoms with van der Waals surface area (Å²) in [4.78, 5) is 9.69. The van der Waals surface area contributed by atoms with Crippen molar-refractivity contribution in [2.24, 2.45) is 0 Å². The predicted molar refractivity (Wildman–Crippen MR) is 46.8 cm³/mol. The van der Waals surface area contributed by atoms with Gasteiger partial charge < -0.3 is 0 Å². The van der Waals surface area contributed by atoms with Gasteiger partial charge >= 0.3 is 0 Å². The minimum Gasteiger partial charge on any atom is -0.263 e. The largest absolute Gasteiger partial charge is 0.290 e. The van der Waals surface area contributed by atoms with Gasteiger partial charge in [-0.25, -0.2) is 0 Å². The first-order chi connectivity index (χ1) is 5.70. The Hall–Kier alpha value is -1.09. The monoisotopic (exact) mass is 185 g/mol. The molecule has 0 aliphatic heterocycles. The summed E-state index contributed by atoms with van der Waals surface area (Å²) in [6.07, 6.45) is 0.273. The van der Waals surface area contributed by atoms with Crippen LogP contribution in [0.1, 0.15) is 5.56 Å². The number of hydrogen-bond acceptors (Lipinski definition) is 2. The third kappa shape index (κ3) is 2.51. The highest BCUT2D eigenvalue weighted by Crippen LogP contribution is 2.07. The van der Waals surface area contributed by atoms with E-state index < -0.39 is 10.4 Å². The Morgan fingerprint density at radius 3 is 2.50 bits per heavy atom. The summed E-state index contributed by atoms with van der Waals surface area (Å²) in [7, 11) is 0. The van der Waals surface area contributed by atoms with E-state index in [-0.39, 0.29) is 6.42 Å². The average molecular weight is 186 g/mol. The molecular formula is C8H8ClNO2. The maximum Gasteiger partial charge on any atom is 0.290 e. The molecule has 0 heterocycles. The van der Waals surface area contributed by atoms with Crippen LogP contribution in [0.25, 0.3) is 0 Å². The zero-order chi connectivity index (χ0) is 8.97. The number of rotatable bonds is 3. The van der Waals surface area contributed by atoms with Gasteiger partial charge in [-0.15, -0.1) is 0 Å². The molecule has 1 aromatic carbocycles. The number of nitro groups is 1. The number of benzene rings is 1. The molecule has 1 atom stereocenters. The van der Waals surface area contributed by atoms with Crippen molar-refractivity contribution in [1.82, 2.24) is 0 Å². The van der Waals surface area contributed by atoms with Gasteiger partial charge in [-0.1, -0.05) is 30.3 Å². The van der Waals surface area contributed by atoms with E-state index in [2.05, 4.69) is 0 Å². The summed E-state index contributed by atoms with van der Waals surface area (Å²) in [6.45, 7) is 0. The average Bonchev–Trinajstić information content (AvgIpc) is 2.06. The Bertz CT molecular complexity index is 263. The lowest BCUT2D eigenvalue weighted by Crippen LogP contribution is -2.14. The fraction of sp³-hybridized carbons (Fsp3) is 0.250. The van der Waals surface area contributed by atoms with Gasteiger partial charge in [0.15, 0.2) is 0 Å². The maximum atomic E-state index is 10.2. The van der Waals surface area contributed by atoms with E-state index in [1.807, 2.05) is 30.3 Å². The molecule has 0 N–H and O–H groups in total. The van der Waals surface area contributed by atoms with Gasteiger partial charge in [0, 0.05) is 4.92 Å². The Balaban J connectivity index is 2.58. The summed E-state index contributed by atoms with van der Waals surface area (Å²) < 4.78 is 0. The van der Waals surface area contributed by atoms with Crippen LogP contribution in [-0.4, -0.2) is 10.4 Å². The molecule has 0 fully saturated rings. The normalized spacial score (nSPS) is 12.4. The second-order valence-electron chi connectivity index (χ2n) is 2.41. The summed E-state index contributed by atoms with van der Waals surface area (Å²) in [5.74, 6) is 0. The van der Waals surface area contributed by atoms with E-state index in [0.29, 0.717) is 0 Å². The molecule has 4 heteroatoms. The molecule has 0 bridgehead atoms. The van der Waals surface area contributed by atoms with Crippen molar-refractivity contribution < 1.29 is 4.92 Å². The SMILES string of the molecule is O=[N+]([O-])C(Cl)Cc1ccccc1. The fourth-order valence-corrected chi connectivity index (χ4v) is 1.06. The van der Waals surface area contributed by atoms with Crippen LogP contribution in [0, 0.1) is 10.1 Å². The number of halogens is 1. The quantitative estimate of drug-likeness (QED) is 0.313. The van der Waals surface area contributed by atoms with Gasteiger partial charge in [0.25, 0.3) is 5.50 Å². The van der Waals surface area contributed by atoms with E-state index in [4.69, 9.17) is 11.6 Å². The zero-order valence-electron chi connectivity index (χ0n) is 6.31. The van der Waals surface area contributed by atoms with Gasteiger partial charge in [-0.3, -0.25) is 10.1 Å². The van der Waals surface area contributed by atoms with Gasteiger partial charge in [-0.05, 0) is 17.2 Å². The first kappa shape index (κ1) is 9.00. The lowest BCUT2D eigenvalue weighted by molar-refractivity contribution is -0.497. The molecule has 0 saturated heterocycles. The Labute approximate surface area is 75.1 Å². The third-order valence-corrected chi connectivity index (χ3v) is 1.79. The maximum absolute atomic E-state index is 10.2. The molecule has 12 heavy (non-hydrogen) atoms. The molecule has 0 aliphatic rings. The molecule has 1 aromatic rings. The molecule has 0 radical (unpaired) electrons. The number of nitrogens with zero attached hydrogens (tertiary/aromatic N) is 1. The van der Waals surface area contributed by atoms with Crippen LogP contribution in [0.2, 0.25) is 0 Å². The number of alkyl halides is 1. The van der Waals surface area contributed by atoms with Crippen LogP contribution < -0.4 is 0 Å². The van der Waals surface area contributed by atoms with Crippen molar-refractivity contribution in [2.45, 2.75) is 11.9 Å². The van der Waals surface area contributed by atoms with Crippen molar-refractivity contribution >= 4 is 11.6 Å². The molecule has 0 spiro atoms. The molecular weight excluding hydrogens is 178 g/mol. The van der Waals surface area contributed by atoms with Crippen molar-refractivity contribution in [2.75, 3.05) is 0 Å². The number of hydrogen-bond donors (Lipinski definition) is 0. The molecule has 3 nitrogen and oxygen atoms in total. The minimum absolute atomic E-state index is 0.273. The Morgan fingerprint density at radius 1 is 1.42 bits per heavy atom. The van der Waals surface area contributed by atoms with E-state index in [1.165, 1.54) is 0 Å². The van der Waals surface area contributed by atoms with Crippen LogP contribution in [0.4, 0.5) is 0 Å². The van der Waals surface area contributed by atoms with E-state index in [9.17, 15) is 10.1 Å². The van der Waals surface area contributed by atoms with Crippen LogP contribution >= 0.6 is 11.6 Å². The highest BCUT2D eigenvalue weighted by molar-refractivity contribution is 6.19. The van der Waals surface area contributed by atoms with Gasteiger partial charge in [0.05, 0.1) is 6.42 Å². The molecule has 0 amide bonds. The zero-order valence-corrected chi connectivity index (χ0v) is 7.07.